The number of hydrogen-bond donors (Lipinski definition) is 1. The number of fused-ring (bicyclic) bond motifs is 1. The van der Waals surface area contributed by atoms with Crippen LogP contribution < -0.4 is 5.73 Å². The second-order valence-electron chi connectivity index (χ2n) is 3.29. The molecule has 0 aliphatic rings. The number of halogens is 1. The maximum absolute atomic E-state index is 5.57. The lowest BCUT2D eigenvalue weighted by Crippen LogP contribution is -1.94. The smallest absolute Gasteiger partial charge is 0.211 e. The maximum atomic E-state index is 5.57. The van der Waals surface area contributed by atoms with Gasteiger partial charge in [-0.15, -0.1) is 5.10 Å². The fourth-order valence-corrected chi connectivity index (χ4v) is 2.88. The Balaban J connectivity index is 2.18. The number of benzene rings is 1. The molecule has 0 bridgehead atoms. The summed E-state index contributed by atoms with van der Waals surface area (Å²) in [4.78, 5) is 4.48. The number of nitrogens with zero attached hydrogens (tertiary/aromatic N) is 3. The van der Waals surface area contributed by atoms with Crippen molar-refractivity contribution in [1.82, 2.24) is 14.8 Å². The summed E-state index contributed by atoms with van der Waals surface area (Å²) in [6, 6.07) is 7.75. The highest BCUT2D eigenvalue weighted by Crippen LogP contribution is 2.27. The van der Waals surface area contributed by atoms with Gasteiger partial charge < -0.3 is 5.73 Å². The second-order valence-corrected chi connectivity index (χ2v) is 5.22. The molecule has 0 fully saturated rings. The molecule has 6 heteroatoms. The molecule has 0 aliphatic heterocycles. The standard InChI is InChI=1S/C10H7BrN4S/c11-6-1-2-7-8(5-6)16-10(13-7)15-4-3-9(12)14-15/h1-5H,(H2,12,14). The summed E-state index contributed by atoms with van der Waals surface area (Å²) < 4.78 is 3.86. The van der Waals surface area contributed by atoms with Crippen molar-refractivity contribution in [3.05, 3.63) is 34.9 Å². The Morgan fingerprint density at radius 2 is 2.19 bits per heavy atom. The van der Waals surface area contributed by atoms with Gasteiger partial charge in [0.25, 0.3) is 0 Å². The highest BCUT2D eigenvalue weighted by Gasteiger charge is 2.06. The first-order valence-corrected chi connectivity index (χ1v) is 6.21. The van der Waals surface area contributed by atoms with Crippen LogP contribution in [0.5, 0.6) is 0 Å². The average Bonchev–Trinajstić information content (AvgIpc) is 2.83. The first-order chi connectivity index (χ1) is 7.72. The summed E-state index contributed by atoms with van der Waals surface area (Å²) in [5.74, 6) is 0.500. The van der Waals surface area contributed by atoms with Crippen LogP contribution in [0.3, 0.4) is 0 Å². The minimum atomic E-state index is 0.500. The highest BCUT2D eigenvalue weighted by molar-refractivity contribution is 9.10. The number of rotatable bonds is 1. The maximum Gasteiger partial charge on any atom is 0.211 e. The molecule has 0 saturated heterocycles. The van der Waals surface area contributed by atoms with E-state index in [0.717, 1.165) is 19.8 Å². The topological polar surface area (TPSA) is 56.7 Å². The molecule has 3 rings (SSSR count). The van der Waals surface area contributed by atoms with Gasteiger partial charge in [-0.1, -0.05) is 27.3 Å². The molecule has 2 N–H and O–H groups in total. The van der Waals surface area contributed by atoms with Gasteiger partial charge in [-0.05, 0) is 18.2 Å². The van der Waals surface area contributed by atoms with E-state index in [1.165, 1.54) is 0 Å². The van der Waals surface area contributed by atoms with Crippen LogP contribution in [0, 0.1) is 0 Å². The molecule has 0 aliphatic carbocycles. The molecule has 0 unspecified atom stereocenters. The Labute approximate surface area is 104 Å². The normalized spacial score (nSPS) is 11.1. The van der Waals surface area contributed by atoms with Crippen molar-refractivity contribution in [3.63, 3.8) is 0 Å². The number of thiazole rings is 1. The van der Waals surface area contributed by atoms with E-state index >= 15 is 0 Å². The van der Waals surface area contributed by atoms with Gasteiger partial charge in [0.1, 0.15) is 5.82 Å². The van der Waals surface area contributed by atoms with Crippen LogP contribution in [0.1, 0.15) is 0 Å². The molecule has 0 atom stereocenters. The highest BCUT2D eigenvalue weighted by atomic mass is 79.9. The summed E-state index contributed by atoms with van der Waals surface area (Å²) in [7, 11) is 0. The van der Waals surface area contributed by atoms with Gasteiger partial charge in [-0.25, -0.2) is 9.67 Å². The Hall–Kier alpha value is -1.40. The van der Waals surface area contributed by atoms with E-state index in [9.17, 15) is 0 Å². The molecule has 0 radical (unpaired) electrons. The van der Waals surface area contributed by atoms with Crippen molar-refractivity contribution in [2.75, 3.05) is 5.73 Å². The van der Waals surface area contributed by atoms with Gasteiger partial charge in [0, 0.05) is 16.7 Å². The van der Waals surface area contributed by atoms with E-state index in [1.54, 1.807) is 22.1 Å². The number of nitrogens with two attached hydrogens (primary N) is 1. The van der Waals surface area contributed by atoms with E-state index < -0.39 is 0 Å². The third-order valence-electron chi connectivity index (χ3n) is 2.14. The summed E-state index contributed by atoms with van der Waals surface area (Å²) in [6.45, 7) is 0. The third kappa shape index (κ3) is 1.60. The van der Waals surface area contributed by atoms with Crippen molar-refractivity contribution in [2.45, 2.75) is 0 Å². The number of anilines is 1. The molecule has 1 aromatic carbocycles. The van der Waals surface area contributed by atoms with Gasteiger partial charge in [0.05, 0.1) is 10.2 Å². The van der Waals surface area contributed by atoms with E-state index in [0.29, 0.717) is 5.82 Å². The van der Waals surface area contributed by atoms with Gasteiger partial charge >= 0.3 is 0 Å². The SMILES string of the molecule is Nc1ccn(-c2nc3ccc(Br)cc3s2)n1. The van der Waals surface area contributed by atoms with Crippen LogP contribution in [-0.4, -0.2) is 14.8 Å². The van der Waals surface area contributed by atoms with Crippen molar-refractivity contribution >= 4 is 43.3 Å². The number of hydrogen-bond acceptors (Lipinski definition) is 4. The molecule has 0 spiro atoms. The lowest BCUT2D eigenvalue weighted by Gasteiger charge is -1.90. The zero-order valence-corrected chi connectivity index (χ0v) is 10.5. The van der Waals surface area contributed by atoms with Crippen molar-refractivity contribution in [3.8, 4) is 5.13 Å². The fourth-order valence-electron chi connectivity index (χ4n) is 1.43. The molecule has 4 nitrogen and oxygen atoms in total. The summed E-state index contributed by atoms with van der Waals surface area (Å²) >= 11 is 5.02. The summed E-state index contributed by atoms with van der Waals surface area (Å²) in [5, 5.41) is 4.95. The number of nitrogen functional groups attached to an aromatic ring is 1. The largest absolute Gasteiger partial charge is 0.382 e. The van der Waals surface area contributed by atoms with Gasteiger partial charge in [-0.3, -0.25) is 0 Å². The zero-order valence-electron chi connectivity index (χ0n) is 8.09. The average molecular weight is 295 g/mol. The van der Waals surface area contributed by atoms with Crippen LogP contribution in [0.2, 0.25) is 0 Å². The molecule has 3 aromatic rings. The van der Waals surface area contributed by atoms with Crippen LogP contribution in [0.25, 0.3) is 15.3 Å². The lowest BCUT2D eigenvalue weighted by molar-refractivity contribution is 0.878. The monoisotopic (exact) mass is 294 g/mol. The van der Waals surface area contributed by atoms with Crippen LogP contribution in [-0.2, 0) is 0 Å². The Bertz CT molecular complexity index is 658. The molecular weight excluding hydrogens is 288 g/mol. The van der Waals surface area contributed by atoms with Crippen molar-refractivity contribution < 1.29 is 0 Å². The van der Waals surface area contributed by atoms with E-state index in [2.05, 4.69) is 26.0 Å². The molecule has 2 aromatic heterocycles. The first kappa shape index (κ1) is 9.80. The van der Waals surface area contributed by atoms with Crippen LogP contribution >= 0.6 is 27.3 Å². The minimum Gasteiger partial charge on any atom is -0.382 e. The molecule has 80 valence electrons. The zero-order chi connectivity index (χ0) is 11.1. The van der Waals surface area contributed by atoms with Gasteiger partial charge in [0.15, 0.2) is 0 Å². The predicted octanol–water partition coefficient (Wildman–Crippen LogP) is 2.83. The molecule has 0 saturated carbocycles. The summed E-state index contributed by atoms with van der Waals surface area (Å²) in [5.41, 5.74) is 6.54. The second kappa shape index (κ2) is 3.57. The number of aromatic nitrogens is 3. The van der Waals surface area contributed by atoms with E-state index in [1.807, 2.05) is 24.4 Å². The Morgan fingerprint density at radius 3 is 2.94 bits per heavy atom. The molecule has 0 amide bonds. The Morgan fingerprint density at radius 1 is 1.31 bits per heavy atom. The quantitative estimate of drug-likeness (QED) is 0.751. The first-order valence-electron chi connectivity index (χ1n) is 4.60. The van der Waals surface area contributed by atoms with Crippen molar-refractivity contribution in [2.24, 2.45) is 0 Å². The predicted molar refractivity (Wildman–Crippen MR) is 68.9 cm³/mol. The van der Waals surface area contributed by atoms with Gasteiger partial charge in [0.2, 0.25) is 5.13 Å². The van der Waals surface area contributed by atoms with Crippen LogP contribution in [0.15, 0.2) is 34.9 Å². The van der Waals surface area contributed by atoms with Gasteiger partial charge in [-0.2, -0.15) is 0 Å². The minimum absolute atomic E-state index is 0.500. The summed E-state index contributed by atoms with van der Waals surface area (Å²) in [6.07, 6.45) is 1.81. The third-order valence-corrected chi connectivity index (χ3v) is 3.65. The van der Waals surface area contributed by atoms with E-state index in [4.69, 9.17) is 5.73 Å². The molecule has 16 heavy (non-hydrogen) atoms. The molecule has 2 heterocycles. The Kier molecular flexibility index (Phi) is 2.19. The lowest BCUT2D eigenvalue weighted by atomic mass is 10.3. The van der Waals surface area contributed by atoms with E-state index in [-0.39, 0.29) is 0 Å². The van der Waals surface area contributed by atoms with Crippen molar-refractivity contribution in [1.29, 1.82) is 0 Å². The molecular formula is C10H7BrN4S. The van der Waals surface area contributed by atoms with Crippen LogP contribution in [0.4, 0.5) is 5.82 Å². The fraction of sp³-hybridized carbons (Fsp3) is 0.